The number of hydrogen-bond acceptors (Lipinski definition) is 6. The minimum atomic E-state index is -0.527. The van der Waals surface area contributed by atoms with E-state index < -0.39 is 12.1 Å². The summed E-state index contributed by atoms with van der Waals surface area (Å²) in [7, 11) is 0. The SMILES string of the molecule is CCOC(=O)c1cc(C)sc1NC(=O)C1CNCCO1. The lowest BCUT2D eigenvalue weighted by Crippen LogP contribution is -2.45. The molecule has 0 radical (unpaired) electrons. The Balaban J connectivity index is 2.08. The maximum atomic E-state index is 12.1. The molecule has 0 bridgehead atoms. The van der Waals surface area contributed by atoms with Crippen molar-refractivity contribution in [2.45, 2.75) is 20.0 Å². The molecule has 2 rings (SSSR count). The molecule has 0 spiro atoms. The molecule has 1 aromatic heterocycles. The average Bonchev–Trinajstić information content (AvgIpc) is 2.81. The number of nitrogens with one attached hydrogen (secondary N) is 2. The molecule has 0 aromatic carbocycles. The Kier molecular flexibility index (Phi) is 5.11. The van der Waals surface area contributed by atoms with Gasteiger partial charge in [0.15, 0.2) is 0 Å². The van der Waals surface area contributed by atoms with Crippen LogP contribution in [0, 0.1) is 6.92 Å². The summed E-state index contributed by atoms with van der Waals surface area (Å²) in [4.78, 5) is 24.9. The molecule has 1 unspecified atom stereocenters. The van der Waals surface area contributed by atoms with Crippen molar-refractivity contribution in [2.24, 2.45) is 0 Å². The van der Waals surface area contributed by atoms with Crippen LogP contribution < -0.4 is 10.6 Å². The first-order valence-corrected chi connectivity index (χ1v) is 7.34. The van der Waals surface area contributed by atoms with E-state index in [1.54, 1.807) is 13.0 Å². The van der Waals surface area contributed by atoms with E-state index in [2.05, 4.69) is 10.6 Å². The van der Waals surface area contributed by atoms with Gasteiger partial charge in [0, 0.05) is 18.0 Å². The second-order valence-corrected chi connectivity index (χ2v) is 5.63. The third kappa shape index (κ3) is 3.56. The molecular weight excluding hydrogens is 280 g/mol. The van der Waals surface area contributed by atoms with Crippen molar-refractivity contribution in [3.63, 3.8) is 0 Å². The Labute approximate surface area is 121 Å². The van der Waals surface area contributed by atoms with Crippen LogP contribution in [0.1, 0.15) is 22.2 Å². The number of ether oxygens (including phenoxy) is 2. The molecule has 0 saturated carbocycles. The lowest BCUT2D eigenvalue weighted by atomic mass is 10.2. The van der Waals surface area contributed by atoms with Crippen molar-refractivity contribution >= 4 is 28.2 Å². The number of morpholine rings is 1. The van der Waals surface area contributed by atoms with Gasteiger partial charge in [-0.25, -0.2) is 4.79 Å². The van der Waals surface area contributed by atoms with Gasteiger partial charge in [-0.1, -0.05) is 0 Å². The first-order valence-electron chi connectivity index (χ1n) is 6.52. The summed E-state index contributed by atoms with van der Waals surface area (Å²) in [6.45, 7) is 5.66. The van der Waals surface area contributed by atoms with Crippen LogP contribution in [0.15, 0.2) is 6.07 Å². The average molecular weight is 298 g/mol. The number of esters is 1. The molecule has 2 N–H and O–H groups in total. The first-order chi connectivity index (χ1) is 9.61. The minimum Gasteiger partial charge on any atom is -0.462 e. The van der Waals surface area contributed by atoms with Crippen LogP contribution in [-0.4, -0.2) is 44.3 Å². The van der Waals surface area contributed by atoms with Gasteiger partial charge in [-0.3, -0.25) is 4.79 Å². The molecule has 0 aliphatic carbocycles. The van der Waals surface area contributed by atoms with Gasteiger partial charge in [0.05, 0.1) is 18.8 Å². The van der Waals surface area contributed by atoms with Crippen LogP contribution >= 0.6 is 11.3 Å². The van der Waals surface area contributed by atoms with Crippen molar-refractivity contribution in [1.82, 2.24) is 5.32 Å². The van der Waals surface area contributed by atoms with Gasteiger partial charge >= 0.3 is 5.97 Å². The second kappa shape index (κ2) is 6.83. The number of hydrogen-bond donors (Lipinski definition) is 2. The summed E-state index contributed by atoms with van der Waals surface area (Å²) in [5.41, 5.74) is 0.395. The summed E-state index contributed by atoms with van der Waals surface area (Å²) in [5, 5.41) is 6.36. The highest BCUT2D eigenvalue weighted by Crippen LogP contribution is 2.28. The largest absolute Gasteiger partial charge is 0.462 e. The maximum absolute atomic E-state index is 12.1. The molecular formula is C13H18N2O4S. The van der Waals surface area contributed by atoms with Crippen molar-refractivity contribution in [3.05, 3.63) is 16.5 Å². The highest BCUT2D eigenvalue weighted by molar-refractivity contribution is 7.16. The van der Waals surface area contributed by atoms with Gasteiger partial charge in [-0.15, -0.1) is 11.3 Å². The molecule has 1 amide bonds. The molecule has 2 heterocycles. The van der Waals surface area contributed by atoms with Crippen LogP contribution in [0.3, 0.4) is 0 Å². The number of thiophene rings is 1. The van der Waals surface area contributed by atoms with Crippen molar-refractivity contribution in [2.75, 3.05) is 31.6 Å². The van der Waals surface area contributed by atoms with Crippen LogP contribution in [-0.2, 0) is 14.3 Å². The van der Waals surface area contributed by atoms with Crippen LogP contribution in [0.4, 0.5) is 5.00 Å². The summed E-state index contributed by atoms with van der Waals surface area (Å²) < 4.78 is 10.4. The number of anilines is 1. The van der Waals surface area contributed by atoms with Crippen LogP contribution in [0.2, 0.25) is 0 Å². The van der Waals surface area contributed by atoms with E-state index in [1.807, 2.05) is 6.92 Å². The third-order valence-corrected chi connectivity index (χ3v) is 3.77. The van der Waals surface area contributed by atoms with Crippen LogP contribution in [0.5, 0.6) is 0 Å². The fraction of sp³-hybridized carbons (Fsp3) is 0.538. The van der Waals surface area contributed by atoms with Gasteiger partial charge in [0.1, 0.15) is 11.1 Å². The Hall–Kier alpha value is -1.44. The zero-order valence-electron chi connectivity index (χ0n) is 11.5. The third-order valence-electron chi connectivity index (χ3n) is 2.81. The number of rotatable bonds is 4. The molecule has 1 atom stereocenters. The highest BCUT2D eigenvalue weighted by Gasteiger charge is 2.24. The van der Waals surface area contributed by atoms with E-state index in [0.29, 0.717) is 30.3 Å². The molecule has 1 fully saturated rings. The molecule has 7 heteroatoms. The van der Waals surface area contributed by atoms with E-state index in [1.165, 1.54) is 11.3 Å². The summed E-state index contributed by atoms with van der Waals surface area (Å²) in [5.74, 6) is -0.667. The Morgan fingerprint density at radius 1 is 1.60 bits per heavy atom. The quantitative estimate of drug-likeness (QED) is 0.816. The van der Waals surface area contributed by atoms with E-state index in [0.717, 1.165) is 11.4 Å². The van der Waals surface area contributed by atoms with E-state index in [9.17, 15) is 9.59 Å². The fourth-order valence-electron chi connectivity index (χ4n) is 1.89. The normalized spacial score (nSPS) is 18.6. The van der Waals surface area contributed by atoms with E-state index >= 15 is 0 Å². The lowest BCUT2D eigenvalue weighted by Gasteiger charge is -2.22. The molecule has 110 valence electrons. The monoisotopic (exact) mass is 298 g/mol. The Morgan fingerprint density at radius 2 is 2.40 bits per heavy atom. The number of carbonyl (C=O) groups excluding carboxylic acids is 2. The van der Waals surface area contributed by atoms with E-state index in [4.69, 9.17) is 9.47 Å². The predicted octanol–water partition coefficient (Wildman–Crippen LogP) is 1.16. The summed E-state index contributed by atoms with van der Waals surface area (Å²) >= 11 is 1.35. The topological polar surface area (TPSA) is 76.7 Å². The summed E-state index contributed by atoms with van der Waals surface area (Å²) in [6.07, 6.45) is -0.527. The molecule has 6 nitrogen and oxygen atoms in total. The predicted molar refractivity (Wildman–Crippen MR) is 76.3 cm³/mol. The molecule has 20 heavy (non-hydrogen) atoms. The van der Waals surface area contributed by atoms with Crippen molar-refractivity contribution < 1.29 is 19.1 Å². The van der Waals surface area contributed by atoms with Gasteiger partial charge in [-0.2, -0.15) is 0 Å². The Morgan fingerprint density at radius 3 is 3.05 bits per heavy atom. The molecule has 1 aliphatic heterocycles. The number of amides is 1. The van der Waals surface area contributed by atoms with Crippen molar-refractivity contribution in [3.8, 4) is 0 Å². The highest BCUT2D eigenvalue weighted by atomic mass is 32.1. The van der Waals surface area contributed by atoms with Gasteiger partial charge in [0.2, 0.25) is 0 Å². The standard InChI is InChI=1S/C13H18N2O4S/c1-3-18-13(17)9-6-8(2)20-12(9)15-11(16)10-7-14-4-5-19-10/h6,10,14H,3-5,7H2,1-2H3,(H,15,16). The zero-order valence-corrected chi connectivity index (χ0v) is 12.3. The van der Waals surface area contributed by atoms with Gasteiger partial charge in [-0.05, 0) is 19.9 Å². The smallest absolute Gasteiger partial charge is 0.341 e. The Bertz CT molecular complexity index is 495. The number of aryl methyl sites for hydroxylation is 1. The first kappa shape index (κ1) is 15.0. The van der Waals surface area contributed by atoms with Gasteiger partial charge < -0.3 is 20.1 Å². The number of carbonyl (C=O) groups is 2. The molecule has 1 aromatic rings. The van der Waals surface area contributed by atoms with E-state index in [-0.39, 0.29) is 5.91 Å². The van der Waals surface area contributed by atoms with Crippen LogP contribution in [0.25, 0.3) is 0 Å². The van der Waals surface area contributed by atoms with Gasteiger partial charge in [0.25, 0.3) is 5.91 Å². The molecule has 1 aliphatic rings. The lowest BCUT2D eigenvalue weighted by molar-refractivity contribution is -0.128. The summed E-state index contributed by atoms with van der Waals surface area (Å²) in [6, 6.07) is 1.72. The fourth-order valence-corrected chi connectivity index (χ4v) is 2.80. The minimum absolute atomic E-state index is 0.246. The zero-order chi connectivity index (χ0) is 14.5. The van der Waals surface area contributed by atoms with Crippen molar-refractivity contribution in [1.29, 1.82) is 0 Å². The molecule has 1 saturated heterocycles. The second-order valence-electron chi connectivity index (χ2n) is 4.37. The maximum Gasteiger partial charge on any atom is 0.341 e.